The number of fused-ring (bicyclic) bond motifs is 1. The number of pyridine rings is 1. The number of hydrogen-bond acceptors (Lipinski definition) is 5. The topological polar surface area (TPSA) is 85.3 Å². The van der Waals surface area contributed by atoms with Gasteiger partial charge in [0.1, 0.15) is 11.6 Å². The molecule has 2 aliphatic heterocycles. The van der Waals surface area contributed by atoms with Crippen LogP contribution in [0.5, 0.6) is 5.75 Å². The van der Waals surface area contributed by atoms with Crippen LogP contribution < -0.4 is 0 Å². The van der Waals surface area contributed by atoms with E-state index in [1.807, 2.05) is 11.1 Å². The summed E-state index contributed by atoms with van der Waals surface area (Å²) >= 11 is 0. The molecule has 2 aromatic heterocycles. The van der Waals surface area contributed by atoms with Crippen molar-refractivity contribution in [1.82, 2.24) is 24.8 Å². The number of aromatic amines is 1. The molecule has 7 heteroatoms. The molecule has 0 aromatic carbocycles. The largest absolute Gasteiger partial charge is 0.505 e. The van der Waals surface area contributed by atoms with E-state index in [-0.39, 0.29) is 17.4 Å². The van der Waals surface area contributed by atoms with Gasteiger partial charge in [-0.25, -0.2) is 9.97 Å². The number of aromatic nitrogens is 3. The third-order valence-electron chi connectivity index (χ3n) is 5.73. The summed E-state index contributed by atoms with van der Waals surface area (Å²) in [6.45, 7) is 5.52. The van der Waals surface area contributed by atoms with Crippen molar-refractivity contribution in [3.63, 3.8) is 0 Å². The van der Waals surface area contributed by atoms with E-state index in [0.717, 1.165) is 44.7 Å². The number of imidazole rings is 1. The lowest BCUT2D eigenvalue weighted by molar-refractivity contribution is -0.0429. The van der Waals surface area contributed by atoms with Crippen LogP contribution in [0.25, 0.3) is 0 Å². The van der Waals surface area contributed by atoms with Crippen molar-refractivity contribution in [3.8, 4) is 5.75 Å². The Balaban J connectivity index is 1.31. The third kappa shape index (κ3) is 3.69. The molecule has 0 saturated carbocycles. The summed E-state index contributed by atoms with van der Waals surface area (Å²) in [5.41, 5.74) is 1.33. The number of hydrogen-bond donors (Lipinski definition) is 2. The number of carbonyl (C=O) groups is 1. The summed E-state index contributed by atoms with van der Waals surface area (Å²) in [7, 11) is 0. The van der Waals surface area contributed by atoms with Crippen LogP contribution in [0.3, 0.4) is 0 Å². The summed E-state index contributed by atoms with van der Waals surface area (Å²) < 4.78 is 0. The summed E-state index contributed by atoms with van der Waals surface area (Å²) in [5.74, 6) is 1.37. The Kier molecular flexibility index (Phi) is 5.11. The zero-order valence-corrected chi connectivity index (χ0v) is 15.8. The lowest BCUT2D eigenvalue weighted by atomic mass is 9.82. The second kappa shape index (κ2) is 7.68. The number of aromatic hydroxyl groups is 1. The van der Waals surface area contributed by atoms with Crippen LogP contribution >= 0.6 is 0 Å². The van der Waals surface area contributed by atoms with Crippen molar-refractivity contribution < 1.29 is 9.90 Å². The highest BCUT2D eigenvalue weighted by Gasteiger charge is 2.43. The van der Waals surface area contributed by atoms with Crippen LogP contribution in [-0.4, -0.2) is 61.4 Å². The molecule has 0 spiro atoms. The quantitative estimate of drug-likeness (QED) is 0.815. The van der Waals surface area contributed by atoms with Gasteiger partial charge in [0.25, 0.3) is 5.91 Å². The van der Waals surface area contributed by atoms with Crippen molar-refractivity contribution in [3.05, 3.63) is 41.7 Å². The molecule has 2 saturated heterocycles. The van der Waals surface area contributed by atoms with Gasteiger partial charge in [0.2, 0.25) is 0 Å². The minimum Gasteiger partial charge on any atom is -0.505 e. The van der Waals surface area contributed by atoms with Crippen LogP contribution in [0.2, 0.25) is 0 Å². The average Bonchev–Trinajstić information content (AvgIpc) is 3.11. The van der Waals surface area contributed by atoms with Crippen molar-refractivity contribution in [2.75, 3.05) is 19.6 Å². The van der Waals surface area contributed by atoms with Gasteiger partial charge in [-0.1, -0.05) is 13.3 Å². The number of nitrogens with one attached hydrogen (secondary N) is 1. The molecule has 2 aromatic rings. The van der Waals surface area contributed by atoms with E-state index in [1.54, 1.807) is 12.3 Å². The molecular formula is C20H27N5O2. The van der Waals surface area contributed by atoms with Gasteiger partial charge >= 0.3 is 0 Å². The van der Waals surface area contributed by atoms with Crippen LogP contribution in [0.4, 0.5) is 0 Å². The number of amides is 1. The number of likely N-dealkylation sites (tertiary alicyclic amines) is 2. The van der Waals surface area contributed by atoms with Gasteiger partial charge < -0.3 is 15.0 Å². The highest BCUT2D eigenvalue weighted by Crippen LogP contribution is 2.34. The first kappa shape index (κ1) is 18.0. The van der Waals surface area contributed by atoms with Gasteiger partial charge in [-0.2, -0.15) is 0 Å². The number of rotatable bonds is 6. The molecule has 0 radical (unpaired) electrons. The molecule has 144 valence electrons. The molecule has 1 amide bonds. The maximum Gasteiger partial charge on any atom is 0.276 e. The van der Waals surface area contributed by atoms with E-state index in [1.165, 1.54) is 18.2 Å². The summed E-state index contributed by atoms with van der Waals surface area (Å²) in [5, 5.41) is 9.88. The molecule has 4 rings (SSSR count). The van der Waals surface area contributed by atoms with Gasteiger partial charge in [-0.3, -0.25) is 9.69 Å². The van der Waals surface area contributed by atoms with Crippen molar-refractivity contribution in [1.29, 1.82) is 0 Å². The maximum atomic E-state index is 12.6. The minimum absolute atomic E-state index is 0.0435. The Bertz CT molecular complexity index is 805. The van der Waals surface area contributed by atoms with Gasteiger partial charge in [-0.05, 0) is 25.0 Å². The first-order chi connectivity index (χ1) is 13.2. The highest BCUT2D eigenvalue weighted by atomic mass is 16.3. The molecule has 2 aliphatic rings. The van der Waals surface area contributed by atoms with Gasteiger partial charge in [0.05, 0.1) is 0 Å². The summed E-state index contributed by atoms with van der Waals surface area (Å²) in [6, 6.07) is 3.66. The van der Waals surface area contributed by atoms with Crippen molar-refractivity contribution in [2.24, 2.45) is 5.92 Å². The number of unbranched alkanes of at least 4 members (excludes halogenated alkanes) is 1. The third-order valence-corrected chi connectivity index (χ3v) is 5.73. The Morgan fingerprint density at radius 3 is 3.04 bits per heavy atom. The monoisotopic (exact) mass is 369 g/mol. The van der Waals surface area contributed by atoms with Crippen LogP contribution in [-0.2, 0) is 13.0 Å². The van der Waals surface area contributed by atoms with E-state index in [0.29, 0.717) is 18.5 Å². The number of carbonyl (C=O) groups excluding carboxylic acids is 1. The van der Waals surface area contributed by atoms with E-state index >= 15 is 0 Å². The van der Waals surface area contributed by atoms with Gasteiger partial charge in [0, 0.05) is 62.6 Å². The fourth-order valence-corrected chi connectivity index (χ4v) is 4.23. The molecule has 2 N–H and O–H groups in total. The Morgan fingerprint density at radius 1 is 1.37 bits per heavy atom. The number of nitrogens with zero attached hydrogens (tertiary/aromatic N) is 4. The molecule has 0 bridgehead atoms. The van der Waals surface area contributed by atoms with Gasteiger partial charge in [0.15, 0.2) is 5.69 Å². The molecule has 0 aliphatic carbocycles. The molecule has 27 heavy (non-hydrogen) atoms. The number of H-pyrrole nitrogens is 1. The zero-order valence-electron chi connectivity index (χ0n) is 15.8. The lowest BCUT2D eigenvalue weighted by Gasteiger charge is -2.53. The maximum absolute atomic E-state index is 12.6. The molecule has 7 nitrogen and oxygen atoms in total. The summed E-state index contributed by atoms with van der Waals surface area (Å²) in [4.78, 5) is 28.9. The lowest BCUT2D eigenvalue weighted by Crippen LogP contribution is -2.63. The van der Waals surface area contributed by atoms with E-state index in [2.05, 4.69) is 26.8 Å². The predicted molar refractivity (Wildman–Crippen MR) is 101 cm³/mol. The molecule has 2 atom stereocenters. The predicted octanol–water partition coefficient (Wildman–Crippen LogP) is 2.20. The number of aryl methyl sites for hydroxylation is 1. The van der Waals surface area contributed by atoms with Crippen molar-refractivity contribution in [2.45, 2.75) is 45.2 Å². The fraction of sp³-hybridized carbons (Fsp3) is 0.550. The summed E-state index contributed by atoms with van der Waals surface area (Å²) in [6.07, 6.45) is 7.82. The minimum atomic E-state index is -0.167. The second-order valence-corrected chi connectivity index (χ2v) is 7.63. The smallest absolute Gasteiger partial charge is 0.276 e. The first-order valence-corrected chi connectivity index (χ1v) is 9.85. The normalized spacial score (nSPS) is 22.3. The molecule has 0 unspecified atom stereocenters. The Morgan fingerprint density at radius 2 is 2.26 bits per heavy atom. The van der Waals surface area contributed by atoms with Gasteiger partial charge in [-0.15, -0.1) is 0 Å². The number of piperidine rings is 1. The average molecular weight is 369 g/mol. The van der Waals surface area contributed by atoms with Crippen LogP contribution in [0.15, 0.2) is 24.5 Å². The standard InChI is InChI=1S/C20H27N5O2/c1-2-3-6-18-22-10-15(23-18)13-25-12-14-11-24(9-7-16(14)25)20(27)19-17(26)5-4-8-21-19/h4-5,8,10,14,16,26H,2-3,6-7,9,11-13H2,1H3,(H,22,23)/t14-,16-/m0/s1. The van der Waals surface area contributed by atoms with E-state index in [9.17, 15) is 9.90 Å². The van der Waals surface area contributed by atoms with E-state index in [4.69, 9.17) is 0 Å². The first-order valence-electron chi connectivity index (χ1n) is 9.85. The Hall–Kier alpha value is -2.41. The SMILES string of the molecule is CCCCc1ncc(CN2C[C@@H]3CN(C(=O)c4ncccc4O)CC[C@@H]32)[nH]1. The van der Waals surface area contributed by atoms with E-state index < -0.39 is 0 Å². The molecular weight excluding hydrogens is 342 g/mol. The second-order valence-electron chi connectivity index (χ2n) is 7.63. The Labute approximate surface area is 159 Å². The van der Waals surface area contributed by atoms with Crippen LogP contribution in [0, 0.1) is 5.92 Å². The highest BCUT2D eigenvalue weighted by molar-refractivity contribution is 5.94. The molecule has 2 fully saturated rings. The van der Waals surface area contributed by atoms with Crippen LogP contribution in [0.1, 0.15) is 48.2 Å². The fourth-order valence-electron chi connectivity index (χ4n) is 4.23. The molecule has 4 heterocycles. The van der Waals surface area contributed by atoms with Crippen molar-refractivity contribution >= 4 is 5.91 Å². The zero-order chi connectivity index (χ0) is 18.8.